The van der Waals surface area contributed by atoms with Crippen molar-refractivity contribution in [3.05, 3.63) is 80.9 Å². The normalized spacial score (nSPS) is 11.3. The molecule has 0 radical (unpaired) electrons. The van der Waals surface area contributed by atoms with E-state index >= 15 is 0 Å². The van der Waals surface area contributed by atoms with Crippen molar-refractivity contribution < 1.29 is 9.72 Å². The third kappa shape index (κ3) is 2.56. The molecule has 2 heterocycles. The lowest BCUT2D eigenvalue weighted by atomic mass is 10.00. The van der Waals surface area contributed by atoms with Crippen LogP contribution in [0.5, 0.6) is 0 Å². The Hall–Kier alpha value is -4.40. The largest absolute Gasteiger partial charge is 0.308 e. The Bertz CT molecular complexity index is 1480. The molecule has 2 aromatic heterocycles. The summed E-state index contributed by atoms with van der Waals surface area (Å²) < 4.78 is 0. The second kappa shape index (κ2) is 6.06. The molecule has 0 bridgehead atoms. The molecule has 29 heavy (non-hydrogen) atoms. The van der Waals surface area contributed by atoms with E-state index in [1.165, 1.54) is 30.6 Å². The molecule has 0 fully saturated rings. The lowest BCUT2D eigenvalue weighted by Gasteiger charge is -2.13. The fourth-order valence-corrected chi connectivity index (χ4v) is 3.49. The molecule has 5 aromatic rings. The molecule has 0 aliphatic carbocycles. The van der Waals surface area contributed by atoms with E-state index in [2.05, 4.69) is 20.3 Å². The van der Waals surface area contributed by atoms with Gasteiger partial charge in [-0.2, -0.15) is 0 Å². The average molecular weight is 385 g/mol. The predicted octanol–water partition coefficient (Wildman–Crippen LogP) is 3.22. The topological polar surface area (TPSA) is 131 Å². The quantitative estimate of drug-likeness (QED) is 0.278. The van der Waals surface area contributed by atoms with E-state index in [0.717, 1.165) is 5.39 Å². The number of rotatable bonds is 3. The van der Waals surface area contributed by atoms with Crippen LogP contribution in [0.4, 0.5) is 11.5 Å². The first-order valence-electron chi connectivity index (χ1n) is 8.60. The molecule has 0 saturated carbocycles. The molecule has 5 rings (SSSR count). The maximum Gasteiger partial charge on any atom is 0.269 e. The fourth-order valence-electron chi connectivity index (χ4n) is 3.49. The highest BCUT2D eigenvalue weighted by Gasteiger charge is 2.17. The summed E-state index contributed by atoms with van der Waals surface area (Å²) in [6.07, 6.45) is 1.46. The van der Waals surface area contributed by atoms with Crippen molar-refractivity contribution in [1.82, 2.24) is 15.0 Å². The van der Waals surface area contributed by atoms with Gasteiger partial charge < -0.3 is 10.3 Å². The number of non-ortho nitro benzene ring substituents is 1. The maximum absolute atomic E-state index is 12.6. The van der Waals surface area contributed by atoms with Crippen LogP contribution in [0.2, 0.25) is 0 Å². The number of aromatic amines is 1. The second-order valence-electron chi connectivity index (χ2n) is 6.48. The van der Waals surface area contributed by atoms with Crippen molar-refractivity contribution in [2.45, 2.75) is 0 Å². The minimum absolute atomic E-state index is 0.113. The Morgan fingerprint density at radius 2 is 1.59 bits per heavy atom. The molecule has 0 aliphatic rings. The molecule has 0 saturated heterocycles. The van der Waals surface area contributed by atoms with Crippen LogP contribution in [0.1, 0.15) is 10.4 Å². The van der Waals surface area contributed by atoms with E-state index in [1.54, 1.807) is 24.3 Å². The minimum Gasteiger partial charge on any atom is -0.308 e. The molecule has 9 nitrogen and oxygen atoms in total. The molecule has 0 unspecified atom stereocenters. The fraction of sp³-hybridized carbons (Fsp3) is 0. The van der Waals surface area contributed by atoms with Crippen molar-refractivity contribution in [2.24, 2.45) is 0 Å². The summed E-state index contributed by atoms with van der Waals surface area (Å²) in [7, 11) is 0. The monoisotopic (exact) mass is 385 g/mol. The van der Waals surface area contributed by atoms with Gasteiger partial charge in [0.05, 0.1) is 16.0 Å². The van der Waals surface area contributed by atoms with Gasteiger partial charge in [0.25, 0.3) is 17.2 Å². The van der Waals surface area contributed by atoms with Crippen LogP contribution >= 0.6 is 0 Å². The zero-order valence-corrected chi connectivity index (χ0v) is 14.7. The molecular weight excluding hydrogens is 374 g/mol. The van der Waals surface area contributed by atoms with Gasteiger partial charge in [-0.05, 0) is 36.4 Å². The zero-order valence-electron chi connectivity index (χ0n) is 14.7. The lowest BCUT2D eigenvalue weighted by molar-refractivity contribution is -0.384. The number of aromatic nitrogens is 3. The van der Waals surface area contributed by atoms with Crippen molar-refractivity contribution in [2.75, 3.05) is 5.32 Å². The van der Waals surface area contributed by atoms with Gasteiger partial charge in [0.2, 0.25) is 0 Å². The van der Waals surface area contributed by atoms with Crippen molar-refractivity contribution in [3.63, 3.8) is 0 Å². The summed E-state index contributed by atoms with van der Waals surface area (Å²) in [5.74, 6) is -0.258. The molecule has 0 atom stereocenters. The highest BCUT2D eigenvalue weighted by Crippen LogP contribution is 2.33. The van der Waals surface area contributed by atoms with Crippen LogP contribution in [0.15, 0.2) is 59.7 Å². The van der Waals surface area contributed by atoms with Crippen molar-refractivity contribution >= 4 is 50.0 Å². The number of carbonyl (C=O) groups excluding carboxylic acids is 1. The van der Waals surface area contributed by atoms with Crippen LogP contribution in [0.3, 0.4) is 0 Å². The number of nitro benzene ring substituents is 1. The summed E-state index contributed by atoms with van der Waals surface area (Å²) in [4.78, 5) is 46.7. The molecule has 9 heteroatoms. The molecule has 3 aromatic carbocycles. The van der Waals surface area contributed by atoms with Crippen LogP contribution in [0.25, 0.3) is 32.6 Å². The van der Waals surface area contributed by atoms with Crippen LogP contribution in [-0.4, -0.2) is 25.8 Å². The number of anilines is 1. The minimum atomic E-state index is -0.540. The summed E-state index contributed by atoms with van der Waals surface area (Å²) in [5, 5.41) is 16.0. The SMILES string of the molecule is O=C(Nc1[nH]c(=O)c2ccc3ncnc4ccc1c2c43)c1ccc([N+](=O)[O-])cc1. The van der Waals surface area contributed by atoms with E-state index in [0.29, 0.717) is 27.2 Å². The van der Waals surface area contributed by atoms with Crippen LogP contribution in [0, 0.1) is 10.1 Å². The Morgan fingerprint density at radius 3 is 2.24 bits per heavy atom. The first-order valence-corrected chi connectivity index (χ1v) is 8.60. The van der Waals surface area contributed by atoms with Gasteiger partial charge in [-0.15, -0.1) is 0 Å². The number of hydrogen-bond acceptors (Lipinski definition) is 6. The van der Waals surface area contributed by atoms with Gasteiger partial charge in [0.1, 0.15) is 12.1 Å². The summed E-state index contributed by atoms with van der Waals surface area (Å²) in [6, 6.07) is 12.2. The third-order valence-corrected chi connectivity index (χ3v) is 4.84. The molecule has 140 valence electrons. The van der Waals surface area contributed by atoms with Crippen molar-refractivity contribution in [3.8, 4) is 0 Å². The standard InChI is InChI=1S/C20H11N5O4/c26-19(10-1-3-11(4-2-10)25(28)29)23-18-12-5-7-14-17-15(22-9-21-14)8-6-13(16(12)17)20(27)24-18/h1-9H,(H2,23,24,26,27). The Balaban J connectivity index is 1.66. The lowest BCUT2D eigenvalue weighted by Crippen LogP contribution is -2.17. The number of benzene rings is 3. The first-order chi connectivity index (χ1) is 14.0. The summed E-state index contributed by atoms with van der Waals surface area (Å²) in [5.41, 5.74) is 1.16. The van der Waals surface area contributed by atoms with Crippen LogP contribution < -0.4 is 10.9 Å². The number of pyridine rings is 1. The molecule has 0 aliphatic heterocycles. The second-order valence-corrected chi connectivity index (χ2v) is 6.48. The summed E-state index contributed by atoms with van der Waals surface area (Å²) >= 11 is 0. The Morgan fingerprint density at radius 1 is 0.931 bits per heavy atom. The molecular formula is C20H11N5O4. The molecule has 0 spiro atoms. The van der Waals surface area contributed by atoms with Crippen molar-refractivity contribution in [1.29, 1.82) is 0 Å². The van der Waals surface area contributed by atoms with Gasteiger partial charge in [0, 0.05) is 39.2 Å². The number of H-pyrrole nitrogens is 1. The Labute approximate surface area is 161 Å². The van der Waals surface area contributed by atoms with Gasteiger partial charge in [0.15, 0.2) is 0 Å². The number of nitrogens with zero attached hydrogens (tertiary/aromatic N) is 3. The Kier molecular flexibility index (Phi) is 3.50. The zero-order chi connectivity index (χ0) is 20.1. The van der Waals surface area contributed by atoms with Crippen LogP contribution in [-0.2, 0) is 0 Å². The summed E-state index contributed by atoms with van der Waals surface area (Å²) in [6.45, 7) is 0. The smallest absolute Gasteiger partial charge is 0.269 e. The number of carbonyl (C=O) groups is 1. The van der Waals surface area contributed by atoms with E-state index in [1.807, 2.05) is 0 Å². The number of nitrogens with one attached hydrogen (secondary N) is 2. The van der Waals surface area contributed by atoms with Gasteiger partial charge in [-0.25, -0.2) is 9.97 Å². The van der Waals surface area contributed by atoms with Gasteiger partial charge in [-0.3, -0.25) is 19.7 Å². The third-order valence-electron chi connectivity index (χ3n) is 4.84. The number of hydrogen-bond donors (Lipinski definition) is 2. The van der Waals surface area contributed by atoms with E-state index < -0.39 is 10.8 Å². The molecule has 1 amide bonds. The number of nitro groups is 1. The number of amides is 1. The highest BCUT2D eigenvalue weighted by atomic mass is 16.6. The predicted molar refractivity (Wildman–Crippen MR) is 107 cm³/mol. The average Bonchev–Trinajstić information content (AvgIpc) is 2.73. The van der Waals surface area contributed by atoms with E-state index in [-0.39, 0.29) is 22.6 Å². The van der Waals surface area contributed by atoms with Gasteiger partial charge >= 0.3 is 0 Å². The highest BCUT2D eigenvalue weighted by molar-refractivity contribution is 6.24. The maximum atomic E-state index is 12.6. The molecule has 2 N–H and O–H groups in total. The van der Waals surface area contributed by atoms with E-state index in [4.69, 9.17) is 0 Å². The first kappa shape index (κ1) is 16.8. The van der Waals surface area contributed by atoms with Gasteiger partial charge in [-0.1, -0.05) is 0 Å². The van der Waals surface area contributed by atoms with E-state index in [9.17, 15) is 19.7 Å².